The van der Waals surface area contributed by atoms with E-state index in [-0.39, 0.29) is 16.9 Å². The number of benzene rings is 1. The lowest BCUT2D eigenvalue weighted by Gasteiger charge is -2.14. The molecular weight excluding hydrogens is 298 g/mol. The molecule has 2 rings (SSSR count). The van der Waals surface area contributed by atoms with Crippen LogP contribution in [0.1, 0.15) is 33.3 Å². The van der Waals surface area contributed by atoms with E-state index in [0.717, 1.165) is 4.47 Å². The van der Waals surface area contributed by atoms with Gasteiger partial charge in [0.1, 0.15) is 0 Å². The fourth-order valence-electron chi connectivity index (χ4n) is 2.00. The monoisotopic (exact) mass is 306 g/mol. The average molecular weight is 307 g/mol. The highest BCUT2D eigenvalue weighted by Crippen LogP contribution is 2.26. The van der Waals surface area contributed by atoms with Crippen molar-refractivity contribution in [3.8, 4) is 0 Å². The van der Waals surface area contributed by atoms with Gasteiger partial charge in [-0.1, -0.05) is 15.9 Å². The summed E-state index contributed by atoms with van der Waals surface area (Å²) < 4.78 is 0.720. The number of ketones is 1. The maximum absolute atomic E-state index is 11.6. The zero-order valence-corrected chi connectivity index (χ0v) is 11.4. The summed E-state index contributed by atoms with van der Waals surface area (Å²) in [5, 5.41) is 11.7. The SMILES string of the molecule is CC(=O)c1c(C)nc2ccc(Br)cc2c1C(=O)[O-]. The quantitative estimate of drug-likeness (QED) is 0.794. The first-order valence-corrected chi connectivity index (χ1v) is 6.03. The molecule has 0 radical (unpaired) electrons. The van der Waals surface area contributed by atoms with Crippen LogP contribution in [0.15, 0.2) is 22.7 Å². The summed E-state index contributed by atoms with van der Waals surface area (Å²) >= 11 is 3.27. The molecule has 4 nitrogen and oxygen atoms in total. The number of carbonyl (C=O) groups excluding carboxylic acids is 2. The first-order chi connectivity index (χ1) is 8.41. The number of carboxylic acids is 1. The largest absolute Gasteiger partial charge is 0.545 e. The van der Waals surface area contributed by atoms with Crippen LogP contribution < -0.4 is 5.11 Å². The van der Waals surface area contributed by atoms with Gasteiger partial charge in [-0.05, 0) is 32.0 Å². The zero-order valence-electron chi connectivity index (χ0n) is 9.78. The number of aryl methyl sites for hydroxylation is 1. The molecule has 0 aliphatic heterocycles. The standard InChI is InChI=1S/C13H10BrNO3/c1-6-11(7(2)16)12(13(17)18)9-5-8(14)3-4-10(9)15-6/h3-5H,1-2H3,(H,17,18)/p-1. The summed E-state index contributed by atoms with van der Waals surface area (Å²) in [6.45, 7) is 2.94. The molecule has 0 bridgehead atoms. The van der Waals surface area contributed by atoms with E-state index in [1.54, 1.807) is 25.1 Å². The lowest BCUT2D eigenvalue weighted by molar-refractivity contribution is -0.254. The number of aromatic carboxylic acids is 1. The molecule has 0 N–H and O–H groups in total. The van der Waals surface area contributed by atoms with Crippen LogP contribution in [0.4, 0.5) is 0 Å². The van der Waals surface area contributed by atoms with Crippen LogP contribution in [-0.2, 0) is 0 Å². The summed E-state index contributed by atoms with van der Waals surface area (Å²) in [6, 6.07) is 5.09. The van der Waals surface area contributed by atoms with Crippen molar-refractivity contribution >= 4 is 38.6 Å². The third kappa shape index (κ3) is 2.01. The molecule has 0 fully saturated rings. The van der Waals surface area contributed by atoms with Crippen molar-refractivity contribution < 1.29 is 14.7 Å². The van der Waals surface area contributed by atoms with Crippen molar-refractivity contribution in [1.29, 1.82) is 0 Å². The number of carbonyl (C=O) groups is 2. The van der Waals surface area contributed by atoms with Crippen LogP contribution in [0.25, 0.3) is 10.9 Å². The van der Waals surface area contributed by atoms with Crippen molar-refractivity contribution in [3.63, 3.8) is 0 Å². The Morgan fingerprint density at radius 2 is 1.94 bits per heavy atom. The maximum atomic E-state index is 11.6. The summed E-state index contributed by atoms with van der Waals surface area (Å²) in [4.78, 5) is 27.1. The van der Waals surface area contributed by atoms with Gasteiger partial charge in [-0.2, -0.15) is 0 Å². The third-order valence-corrected chi connectivity index (χ3v) is 3.18. The highest BCUT2D eigenvalue weighted by atomic mass is 79.9. The number of rotatable bonds is 2. The number of hydrogen-bond donors (Lipinski definition) is 0. The minimum Gasteiger partial charge on any atom is -0.545 e. The Kier molecular flexibility index (Phi) is 3.17. The number of nitrogens with zero attached hydrogens (tertiary/aromatic N) is 1. The third-order valence-electron chi connectivity index (χ3n) is 2.68. The fraction of sp³-hybridized carbons (Fsp3) is 0.154. The molecule has 92 valence electrons. The number of Topliss-reactive ketones (excluding diaryl/α,β-unsaturated/α-hetero) is 1. The minimum atomic E-state index is -1.37. The van der Waals surface area contributed by atoms with Crippen molar-refractivity contribution in [2.45, 2.75) is 13.8 Å². The minimum absolute atomic E-state index is 0.0914. The zero-order chi connectivity index (χ0) is 13.4. The lowest BCUT2D eigenvalue weighted by Crippen LogP contribution is -2.26. The first kappa shape index (κ1) is 12.7. The predicted molar refractivity (Wildman–Crippen MR) is 68.5 cm³/mol. The van der Waals surface area contributed by atoms with Gasteiger partial charge in [-0.3, -0.25) is 9.78 Å². The highest BCUT2D eigenvalue weighted by Gasteiger charge is 2.17. The first-order valence-electron chi connectivity index (χ1n) is 5.24. The topological polar surface area (TPSA) is 70.1 Å². The summed E-state index contributed by atoms with van der Waals surface area (Å²) in [5.41, 5.74) is 0.948. The van der Waals surface area contributed by atoms with Crippen LogP contribution in [0.5, 0.6) is 0 Å². The van der Waals surface area contributed by atoms with Crippen molar-refractivity contribution in [3.05, 3.63) is 39.5 Å². The van der Waals surface area contributed by atoms with Crippen LogP contribution in [-0.4, -0.2) is 16.7 Å². The Morgan fingerprint density at radius 3 is 2.50 bits per heavy atom. The van der Waals surface area contributed by atoms with E-state index in [1.807, 2.05) is 0 Å². The van der Waals surface area contributed by atoms with Crippen molar-refractivity contribution in [1.82, 2.24) is 4.98 Å². The Hall–Kier alpha value is -1.75. The molecule has 0 aliphatic rings. The highest BCUT2D eigenvalue weighted by molar-refractivity contribution is 9.10. The van der Waals surface area contributed by atoms with Gasteiger partial charge in [0, 0.05) is 26.7 Å². The molecule has 0 spiro atoms. The summed E-state index contributed by atoms with van der Waals surface area (Å²) in [7, 11) is 0. The Morgan fingerprint density at radius 1 is 1.28 bits per heavy atom. The van der Waals surface area contributed by atoms with E-state index < -0.39 is 5.97 Å². The molecule has 0 aliphatic carbocycles. The molecule has 1 heterocycles. The number of halogens is 1. The van der Waals surface area contributed by atoms with Gasteiger partial charge in [-0.15, -0.1) is 0 Å². The molecule has 5 heteroatoms. The molecular formula is C13H9BrNO3-. The van der Waals surface area contributed by atoms with Crippen molar-refractivity contribution in [2.24, 2.45) is 0 Å². The molecule has 1 aromatic carbocycles. The smallest absolute Gasteiger partial charge is 0.162 e. The average Bonchev–Trinajstić information content (AvgIpc) is 2.27. The second kappa shape index (κ2) is 4.49. The summed E-state index contributed by atoms with van der Waals surface area (Å²) in [6.07, 6.45) is 0. The Bertz CT molecular complexity index is 679. The molecule has 0 saturated heterocycles. The van der Waals surface area contributed by atoms with E-state index in [9.17, 15) is 14.7 Å². The van der Waals surface area contributed by atoms with E-state index in [0.29, 0.717) is 16.6 Å². The number of fused-ring (bicyclic) bond motifs is 1. The normalized spacial score (nSPS) is 10.6. The summed E-state index contributed by atoms with van der Waals surface area (Å²) in [5.74, 6) is -1.70. The van der Waals surface area contributed by atoms with Crippen LogP contribution in [0.2, 0.25) is 0 Å². The molecule has 0 amide bonds. The molecule has 0 saturated carbocycles. The van der Waals surface area contributed by atoms with Gasteiger partial charge >= 0.3 is 0 Å². The number of aromatic nitrogens is 1. The van der Waals surface area contributed by atoms with E-state index >= 15 is 0 Å². The second-order valence-corrected chi connectivity index (χ2v) is 4.87. The molecule has 18 heavy (non-hydrogen) atoms. The Balaban J connectivity index is 3.01. The number of carboxylic acid groups (broad SMARTS) is 1. The van der Waals surface area contributed by atoms with Crippen LogP contribution >= 0.6 is 15.9 Å². The van der Waals surface area contributed by atoms with Crippen LogP contribution in [0, 0.1) is 6.92 Å². The van der Waals surface area contributed by atoms with Gasteiger partial charge < -0.3 is 9.90 Å². The molecule has 2 aromatic rings. The van der Waals surface area contributed by atoms with Gasteiger partial charge in [-0.25, -0.2) is 0 Å². The number of hydrogen-bond acceptors (Lipinski definition) is 4. The number of pyridine rings is 1. The van der Waals surface area contributed by atoms with Crippen LogP contribution in [0.3, 0.4) is 0 Å². The molecule has 1 aromatic heterocycles. The van der Waals surface area contributed by atoms with E-state index in [1.165, 1.54) is 6.92 Å². The lowest BCUT2D eigenvalue weighted by atomic mass is 9.98. The fourth-order valence-corrected chi connectivity index (χ4v) is 2.36. The second-order valence-electron chi connectivity index (χ2n) is 3.95. The molecule has 0 atom stereocenters. The molecule has 0 unspecified atom stereocenters. The van der Waals surface area contributed by atoms with E-state index in [4.69, 9.17) is 0 Å². The predicted octanol–water partition coefficient (Wildman–Crippen LogP) is 1.87. The van der Waals surface area contributed by atoms with E-state index in [2.05, 4.69) is 20.9 Å². The van der Waals surface area contributed by atoms with Crippen molar-refractivity contribution in [2.75, 3.05) is 0 Å². The van der Waals surface area contributed by atoms with Gasteiger partial charge in [0.15, 0.2) is 5.78 Å². The maximum Gasteiger partial charge on any atom is 0.162 e. The van der Waals surface area contributed by atoms with Gasteiger partial charge in [0.05, 0.1) is 11.5 Å². The Labute approximate surface area is 112 Å². The van der Waals surface area contributed by atoms with Gasteiger partial charge in [0.25, 0.3) is 0 Å². The van der Waals surface area contributed by atoms with Gasteiger partial charge in [0.2, 0.25) is 0 Å².